The van der Waals surface area contributed by atoms with Crippen LogP contribution in [0.3, 0.4) is 0 Å². The summed E-state index contributed by atoms with van der Waals surface area (Å²) >= 11 is 0. The molecule has 0 aromatic heterocycles. The van der Waals surface area contributed by atoms with Crippen molar-refractivity contribution in [3.63, 3.8) is 0 Å². The summed E-state index contributed by atoms with van der Waals surface area (Å²) in [5, 5.41) is 9.34. The molecule has 3 fully saturated rings. The molecule has 166 valence electrons. The molecule has 0 saturated carbocycles. The van der Waals surface area contributed by atoms with Gasteiger partial charge < -0.3 is 14.9 Å². The van der Waals surface area contributed by atoms with Crippen LogP contribution in [-0.2, 0) is 11.2 Å². The number of aliphatic hydroxyl groups is 1. The quantitative estimate of drug-likeness (QED) is 0.779. The van der Waals surface area contributed by atoms with Gasteiger partial charge in [0, 0.05) is 38.8 Å². The van der Waals surface area contributed by atoms with Gasteiger partial charge in [-0.15, -0.1) is 0 Å². The van der Waals surface area contributed by atoms with Crippen molar-refractivity contribution in [2.75, 3.05) is 52.4 Å². The fourth-order valence-electron chi connectivity index (χ4n) is 5.57. The lowest BCUT2D eigenvalue weighted by atomic mass is 9.91. The number of amides is 1. The van der Waals surface area contributed by atoms with Gasteiger partial charge in [0.05, 0.1) is 5.92 Å². The molecule has 1 unspecified atom stereocenters. The van der Waals surface area contributed by atoms with E-state index in [-0.39, 0.29) is 12.5 Å². The van der Waals surface area contributed by atoms with Gasteiger partial charge in [-0.2, -0.15) is 0 Å². The summed E-state index contributed by atoms with van der Waals surface area (Å²) in [4.78, 5) is 20.4. The Morgan fingerprint density at radius 3 is 2.37 bits per heavy atom. The number of benzene rings is 1. The highest BCUT2D eigenvalue weighted by atomic mass is 16.3. The number of carbonyl (C=O) groups excluding carboxylic acids is 1. The maximum absolute atomic E-state index is 13.1. The number of rotatable bonds is 6. The summed E-state index contributed by atoms with van der Waals surface area (Å²) in [5.41, 5.74) is 1.43. The van der Waals surface area contributed by atoms with Crippen LogP contribution in [-0.4, -0.2) is 84.2 Å². The third kappa shape index (κ3) is 5.63. The maximum atomic E-state index is 13.1. The molecule has 0 spiro atoms. The average molecular weight is 414 g/mol. The molecule has 4 rings (SSSR count). The Kier molecular flexibility index (Phi) is 7.80. The highest BCUT2D eigenvalue weighted by molar-refractivity contribution is 5.79. The molecule has 1 aromatic carbocycles. The third-order valence-corrected chi connectivity index (χ3v) is 7.62. The van der Waals surface area contributed by atoms with E-state index in [0.717, 1.165) is 64.8 Å². The van der Waals surface area contributed by atoms with Crippen molar-refractivity contribution in [3.8, 4) is 0 Å². The first-order valence-electron chi connectivity index (χ1n) is 12.1. The first kappa shape index (κ1) is 21.8. The van der Waals surface area contributed by atoms with Crippen molar-refractivity contribution >= 4 is 5.91 Å². The number of hydrogen-bond acceptors (Lipinski definition) is 4. The maximum Gasteiger partial charge on any atom is 0.226 e. The zero-order valence-electron chi connectivity index (χ0n) is 18.4. The third-order valence-electron chi connectivity index (χ3n) is 7.62. The lowest BCUT2D eigenvalue weighted by molar-refractivity contribution is -0.139. The van der Waals surface area contributed by atoms with Crippen LogP contribution in [0.5, 0.6) is 0 Å². The number of hydrogen-bond donors (Lipinski definition) is 1. The van der Waals surface area contributed by atoms with E-state index in [9.17, 15) is 9.90 Å². The molecule has 3 aliphatic heterocycles. The minimum Gasteiger partial charge on any atom is -0.396 e. The zero-order chi connectivity index (χ0) is 20.8. The predicted molar refractivity (Wildman–Crippen MR) is 120 cm³/mol. The molecule has 1 N–H and O–H groups in total. The van der Waals surface area contributed by atoms with Crippen LogP contribution in [0.15, 0.2) is 30.3 Å². The first-order valence-corrected chi connectivity index (χ1v) is 12.1. The molecule has 3 heterocycles. The molecule has 30 heavy (non-hydrogen) atoms. The largest absolute Gasteiger partial charge is 0.396 e. The van der Waals surface area contributed by atoms with Crippen molar-refractivity contribution in [1.82, 2.24) is 14.7 Å². The highest BCUT2D eigenvalue weighted by Gasteiger charge is 2.34. The van der Waals surface area contributed by atoms with E-state index in [0.29, 0.717) is 17.9 Å². The Morgan fingerprint density at radius 2 is 1.67 bits per heavy atom. The number of aliphatic hydroxyl groups excluding tert-OH is 1. The molecule has 5 heteroatoms. The Morgan fingerprint density at radius 1 is 0.933 bits per heavy atom. The molecule has 1 amide bonds. The molecule has 0 bridgehead atoms. The van der Waals surface area contributed by atoms with Crippen LogP contribution in [0.4, 0.5) is 0 Å². The molecular formula is C25H39N3O2. The van der Waals surface area contributed by atoms with Crippen LogP contribution in [0, 0.1) is 11.8 Å². The van der Waals surface area contributed by atoms with Crippen LogP contribution in [0.25, 0.3) is 0 Å². The average Bonchev–Trinajstić information content (AvgIpc) is 2.83. The topological polar surface area (TPSA) is 47.0 Å². The molecule has 1 aromatic rings. The Hall–Kier alpha value is -1.43. The van der Waals surface area contributed by atoms with Gasteiger partial charge in [-0.3, -0.25) is 9.69 Å². The van der Waals surface area contributed by atoms with Gasteiger partial charge in [-0.25, -0.2) is 0 Å². The molecule has 5 nitrogen and oxygen atoms in total. The van der Waals surface area contributed by atoms with Crippen molar-refractivity contribution in [1.29, 1.82) is 0 Å². The van der Waals surface area contributed by atoms with Crippen LogP contribution in [0.1, 0.15) is 44.1 Å². The zero-order valence-corrected chi connectivity index (χ0v) is 18.4. The second-order valence-corrected chi connectivity index (χ2v) is 9.59. The fraction of sp³-hybridized carbons (Fsp3) is 0.720. The van der Waals surface area contributed by atoms with Gasteiger partial charge >= 0.3 is 0 Å². The molecule has 3 saturated heterocycles. The highest BCUT2D eigenvalue weighted by Crippen LogP contribution is 2.27. The van der Waals surface area contributed by atoms with Crippen molar-refractivity contribution in [3.05, 3.63) is 35.9 Å². The van der Waals surface area contributed by atoms with Gasteiger partial charge in [0.1, 0.15) is 0 Å². The molecule has 3 aliphatic rings. The smallest absolute Gasteiger partial charge is 0.226 e. The van der Waals surface area contributed by atoms with E-state index in [1.54, 1.807) is 0 Å². The fourth-order valence-corrected chi connectivity index (χ4v) is 5.57. The van der Waals surface area contributed by atoms with E-state index in [4.69, 9.17) is 0 Å². The lowest BCUT2D eigenvalue weighted by Gasteiger charge is -2.43. The van der Waals surface area contributed by atoms with Crippen LogP contribution >= 0.6 is 0 Å². The lowest BCUT2D eigenvalue weighted by Crippen LogP contribution is -2.52. The van der Waals surface area contributed by atoms with E-state index < -0.39 is 0 Å². The van der Waals surface area contributed by atoms with Crippen molar-refractivity contribution in [2.24, 2.45) is 11.8 Å². The number of piperidine rings is 3. The van der Waals surface area contributed by atoms with Gasteiger partial charge in [0.2, 0.25) is 5.91 Å². The van der Waals surface area contributed by atoms with Crippen LogP contribution < -0.4 is 0 Å². The van der Waals surface area contributed by atoms with Gasteiger partial charge in [-0.05, 0) is 76.1 Å². The summed E-state index contributed by atoms with van der Waals surface area (Å²) in [7, 11) is 0. The molecule has 0 radical (unpaired) electrons. The van der Waals surface area contributed by atoms with Gasteiger partial charge in [0.15, 0.2) is 0 Å². The van der Waals surface area contributed by atoms with Gasteiger partial charge in [-0.1, -0.05) is 30.3 Å². The van der Waals surface area contributed by atoms with E-state index in [2.05, 4.69) is 45.0 Å². The summed E-state index contributed by atoms with van der Waals surface area (Å²) in [6.45, 7) is 7.56. The molecule has 0 aliphatic carbocycles. The van der Waals surface area contributed by atoms with E-state index >= 15 is 0 Å². The summed E-state index contributed by atoms with van der Waals surface area (Å²) in [5.74, 6) is 0.945. The summed E-state index contributed by atoms with van der Waals surface area (Å²) < 4.78 is 0. The normalized spacial score (nSPS) is 25.5. The summed E-state index contributed by atoms with van der Waals surface area (Å²) in [6.07, 6.45) is 7.72. The second kappa shape index (κ2) is 10.7. The minimum atomic E-state index is 0.181. The predicted octanol–water partition coefficient (Wildman–Crippen LogP) is 2.64. The number of carbonyl (C=O) groups is 1. The second-order valence-electron chi connectivity index (χ2n) is 9.59. The van der Waals surface area contributed by atoms with E-state index in [1.807, 2.05) is 0 Å². The Labute approximate surface area is 182 Å². The SMILES string of the molecule is O=C(C1CCCN(C2CCN(CCc3ccccc3)CC2)C1)N1CCC(CO)CC1. The van der Waals surface area contributed by atoms with Crippen LogP contribution in [0.2, 0.25) is 0 Å². The molecule has 1 atom stereocenters. The van der Waals surface area contributed by atoms with Gasteiger partial charge in [0.25, 0.3) is 0 Å². The summed E-state index contributed by atoms with van der Waals surface area (Å²) in [6, 6.07) is 11.4. The number of nitrogens with zero attached hydrogens (tertiary/aromatic N) is 3. The van der Waals surface area contributed by atoms with E-state index in [1.165, 1.54) is 31.5 Å². The number of likely N-dealkylation sites (tertiary alicyclic amines) is 3. The van der Waals surface area contributed by atoms with Crippen molar-refractivity contribution < 1.29 is 9.90 Å². The Balaban J connectivity index is 1.21. The standard InChI is InChI=1S/C25H39N3O2/c29-20-22-9-17-27(18-10-22)25(30)23-7-4-13-28(19-23)24-11-15-26(16-12-24)14-8-21-5-2-1-3-6-21/h1-3,5-6,22-24,29H,4,7-20H2. The molecular weight excluding hydrogens is 374 g/mol. The minimum absolute atomic E-state index is 0.181. The Bertz CT molecular complexity index is 652. The first-order chi connectivity index (χ1) is 14.7. The van der Waals surface area contributed by atoms with Crippen molar-refractivity contribution in [2.45, 2.75) is 51.0 Å². The monoisotopic (exact) mass is 413 g/mol.